The lowest BCUT2D eigenvalue weighted by atomic mass is 9.98. The third-order valence-electron chi connectivity index (χ3n) is 4.09. The zero-order valence-corrected chi connectivity index (χ0v) is 13.3. The Kier molecular flexibility index (Phi) is 3.69. The first-order valence-electron chi connectivity index (χ1n) is 7.73. The number of H-pyrrole nitrogens is 1. The van der Waals surface area contributed by atoms with Crippen LogP contribution in [0.15, 0.2) is 54.7 Å². The fourth-order valence-corrected chi connectivity index (χ4v) is 2.83. The van der Waals surface area contributed by atoms with Gasteiger partial charge in [0, 0.05) is 28.8 Å². The molecule has 0 saturated carbocycles. The van der Waals surface area contributed by atoms with E-state index in [1.807, 2.05) is 6.07 Å². The van der Waals surface area contributed by atoms with Gasteiger partial charge in [-0.2, -0.15) is 5.10 Å². The predicted octanol–water partition coefficient (Wildman–Crippen LogP) is 3.72. The number of nitrogens with zero attached hydrogens (tertiary/aromatic N) is 2. The Balaban J connectivity index is 1.84. The number of benzene rings is 2. The van der Waals surface area contributed by atoms with Crippen LogP contribution >= 0.6 is 0 Å². The summed E-state index contributed by atoms with van der Waals surface area (Å²) in [6, 6.07) is 11.7. The van der Waals surface area contributed by atoms with Crippen LogP contribution in [0.5, 0.6) is 0 Å². The molecule has 5 nitrogen and oxygen atoms in total. The summed E-state index contributed by atoms with van der Waals surface area (Å²) in [5.41, 5.74) is 7.11. The number of aromatic nitrogens is 3. The van der Waals surface area contributed by atoms with Crippen LogP contribution in [-0.2, 0) is 0 Å². The number of halogens is 2. The fourth-order valence-electron chi connectivity index (χ4n) is 2.83. The largest absolute Gasteiger partial charge is 0.382 e. The summed E-state index contributed by atoms with van der Waals surface area (Å²) in [7, 11) is 0. The van der Waals surface area contributed by atoms with Gasteiger partial charge in [-0.3, -0.25) is 14.9 Å². The van der Waals surface area contributed by atoms with Crippen molar-refractivity contribution in [2.45, 2.75) is 0 Å². The standard InChI is InChI=1S/C19H12F2N4O/c20-12-4-5-13(14(21)9-12)17-16(19(22)25-24-17)18(26)11-3-6-15-10(8-11)2-1-7-23-15/h1-9H,(H3,22,24,25). The van der Waals surface area contributed by atoms with Gasteiger partial charge in [0.1, 0.15) is 11.6 Å². The summed E-state index contributed by atoms with van der Waals surface area (Å²) in [6.45, 7) is 0. The van der Waals surface area contributed by atoms with E-state index in [1.54, 1.807) is 30.5 Å². The molecule has 2 aromatic heterocycles. The Morgan fingerprint density at radius 2 is 1.92 bits per heavy atom. The van der Waals surface area contributed by atoms with Crippen molar-refractivity contribution in [1.29, 1.82) is 0 Å². The highest BCUT2D eigenvalue weighted by Gasteiger charge is 2.23. The number of rotatable bonds is 3. The normalized spacial score (nSPS) is 11.0. The second-order valence-electron chi connectivity index (χ2n) is 5.72. The summed E-state index contributed by atoms with van der Waals surface area (Å²) >= 11 is 0. The van der Waals surface area contributed by atoms with Gasteiger partial charge in [-0.25, -0.2) is 8.78 Å². The van der Waals surface area contributed by atoms with E-state index in [0.29, 0.717) is 5.56 Å². The maximum absolute atomic E-state index is 14.2. The molecule has 0 bridgehead atoms. The zero-order valence-electron chi connectivity index (χ0n) is 13.3. The molecule has 0 unspecified atom stereocenters. The Labute approximate surface area is 146 Å². The van der Waals surface area contributed by atoms with Crippen LogP contribution in [-0.4, -0.2) is 21.0 Å². The van der Waals surface area contributed by atoms with Crippen molar-refractivity contribution in [2.75, 3.05) is 5.73 Å². The molecule has 128 valence electrons. The molecular weight excluding hydrogens is 338 g/mol. The van der Waals surface area contributed by atoms with Gasteiger partial charge in [0.25, 0.3) is 0 Å². The number of fused-ring (bicyclic) bond motifs is 1. The van der Waals surface area contributed by atoms with Gasteiger partial charge in [0.2, 0.25) is 0 Å². The number of hydrogen-bond acceptors (Lipinski definition) is 4. The molecule has 3 N–H and O–H groups in total. The fraction of sp³-hybridized carbons (Fsp3) is 0. The first-order chi connectivity index (χ1) is 12.5. The van der Waals surface area contributed by atoms with Crippen LogP contribution in [0.3, 0.4) is 0 Å². The molecule has 4 rings (SSSR count). The molecule has 0 aliphatic carbocycles. The highest BCUT2D eigenvalue weighted by molar-refractivity contribution is 6.16. The molecule has 0 aliphatic heterocycles. The van der Waals surface area contributed by atoms with Crippen LogP contribution in [0.25, 0.3) is 22.2 Å². The maximum atomic E-state index is 14.2. The summed E-state index contributed by atoms with van der Waals surface area (Å²) < 4.78 is 27.3. The lowest BCUT2D eigenvalue weighted by Crippen LogP contribution is -2.06. The molecule has 0 saturated heterocycles. The Bertz CT molecular complexity index is 1150. The van der Waals surface area contributed by atoms with Gasteiger partial charge < -0.3 is 5.73 Å². The van der Waals surface area contributed by atoms with Crippen LogP contribution < -0.4 is 5.73 Å². The van der Waals surface area contributed by atoms with Gasteiger partial charge in [0.15, 0.2) is 11.6 Å². The van der Waals surface area contributed by atoms with Crippen LogP contribution in [0.1, 0.15) is 15.9 Å². The molecule has 0 spiro atoms. The number of nitrogens with one attached hydrogen (secondary N) is 1. The van der Waals surface area contributed by atoms with Crippen molar-refractivity contribution in [3.8, 4) is 11.3 Å². The topological polar surface area (TPSA) is 84.7 Å². The highest BCUT2D eigenvalue weighted by Crippen LogP contribution is 2.30. The minimum Gasteiger partial charge on any atom is -0.382 e. The van der Waals surface area contributed by atoms with Gasteiger partial charge >= 0.3 is 0 Å². The van der Waals surface area contributed by atoms with E-state index in [4.69, 9.17) is 5.73 Å². The number of carbonyl (C=O) groups excluding carboxylic acids is 1. The maximum Gasteiger partial charge on any atom is 0.199 e. The molecule has 2 aromatic carbocycles. The Morgan fingerprint density at radius 3 is 2.73 bits per heavy atom. The quantitative estimate of drug-likeness (QED) is 0.552. The van der Waals surface area contributed by atoms with Gasteiger partial charge in [0.05, 0.1) is 16.8 Å². The van der Waals surface area contributed by atoms with Crippen molar-refractivity contribution < 1.29 is 13.6 Å². The van der Waals surface area contributed by atoms with E-state index in [2.05, 4.69) is 15.2 Å². The molecule has 0 radical (unpaired) electrons. The second kappa shape index (κ2) is 6.03. The van der Waals surface area contributed by atoms with E-state index in [0.717, 1.165) is 23.0 Å². The average molecular weight is 350 g/mol. The van der Waals surface area contributed by atoms with Crippen molar-refractivity contribution in [1.82, 2.24) is 15.2 Å². The summed E-state index contributed by atoms with van der Waals surface area (Å²) in [4.78, 5) is 17.2. The van der Waals surface area contributed by atoms with Crippen molar-refractivity contribution >= 4 is 22.5 Å². The predicted molar refractivity (Wildman–Crippen MR) is 93.5 cm³/mol. The third kappa shape index (κ3) is 2.59. The number of aromatic amines is 1. The smallest absolute Gasteiger partial charge is 0.199 e. The van der Waals surface area contributed by atoms with Gasteiger partial charge in [-0.15, -0.1) is 0 Å². The summed E-state index contributed by atoms with van der Waals surface area (Å²) in [5, 5.41) is 7.18. The highest BCUT2D eigenvalue weighted by atomic mass is 19.1. The molecule has 0 fully saturated rings. The molecule has 0 amide bonds. The Morgan fingerprint density at radius 1 is 1.08 bits per heavy atom. The molecule has 26 heavy (non-hydrogen) atoms. The number of nitrogens with two attached hydrogens (primary N) is 1. The lowest BCUT2D eigenvalue weighted by Gasteiger charge is -2.06. The van der Waals surface area contributed by atoms with Crippen molar-refractivity contribution in [3.63, 3.8) is 0 Å². The number of pyridine rings is 1. The number of hydrogen-bond donors (Lipinski definition) is 2. The van der Waals surface area contributed by atoms with Crippen molar-refractivity contribution in [3.05, 3.63) is 77.5 Å². The van der Waals surface area contributed by atoms with E-state index >= 15 is 0 Å². The lowest BCUT2D eigenvalue weighted by molar-refractivity contribution is 0.104. The molecule has 0 atom stereocenters. The summed E-state index contributed by atoms with van der Waals surface area (Å²) in [5.74, 6) is -2.00. The number of carbonyl (C=O) groups is 1. The number of nitrogen functional groups attached to an aromatic ring is 1. The third-order valence-corrected chi connectivity index (χ3v) is 4.09. The van der Waals surface area contributed by atoms with E-state index in [1.165, 1.54) is 6.07 Å². The zero-order chi connectivity index (χ0) is 18.3. The van der Waals surface area contributed by atoms with E-state index < -0.39 is 17.4 Å². The first kappa shape index (κ1) is 15.9. The molecule has 4 aromatic rings. The monoisotopic (exact) mass is 350 g/mol. The Hall–Kier alpha value is -3.61. The minimum atomic E-state index is -0.814. The van der Waals surface area contributed by atoms with Crippen LogP contribution in [0.2, 0.25) is 0 Å². The van der Waals surface area contributed by atoms with Crippen molar-refractivity contribution in [2.24, 2.45) is 0 Å². The molecule has 7 heteroatoms. The molecule has 0 aliphatic rings. The summed E-state index contributed by atoms with van der Waals surface area (Å²) in [6.07, 6.45) is 1.66. The number of anilines is 1. The molecule has 2 heterocycles. The minimum absolute atomic E-state index is 0.0152. The SMILES string of the molecule is Nc1n[nH]c(-c2ccc(F)cc2F)c1C(=O)c1ccc2ncccc2c1. The first-order valence-corrected chi connectivity index (χ1v) is 7.73. The van der Waals surface area contributed by atoms with E-state index in [-0.39, 0.29) is 22.6 Å². The van der Waals surface area contributed by atoms with E-state index in [9.17, 15) is 13.6 Å². The molecular formula is C19H12F2N4O. The van der Waals surface area contributed by atoms with Gasteiger partial charge in [-0.05, 0) is 36.4 Å². The average Bonchev–Trinajstić information content (AvgIpc) is 3.02. The number of ketones is 1. The van der Waals surface area contributed by atoms with Crippen LogP contribution in [0, 0.1) is 11.6 Å². The second-order valence-corrected chi connectivity index (χ2v) is 5.72. The van der Waals surface area contributed by atoms with Gasteiger partial charge in [-0.1, -0.05) is 6.07 Å². The van der Waals surface area contributed by atoms with Crippen LogP contribution in [0.4, 0.5) is 14.6 Å².